The normalized spacial score (nSPS) is 14.3. The lowest BCUT2D eigenvalue weighted by Crippen LogP contribution is -2.62. The van der Waals surface area contributed by atoms with Crippen molar-refractivity contribution in [2.24, 2.45) is 0 Å². The van der Waals surface area contributed by atoms with E-state index in [1.807, 2.05) is 53.4 Å². The van der Waals surface area contributed by atoms with E-state index in [2.05, 4.69) is 10.6 Å². The summed E-state index contributed by atoms with van der Waals surface area (Å²) in [5.41, 5.74) is 1.53. The zero-order valence-corrected chi connectivity index (χ0v) is 12.3. The van der Waals surface area contributed by atoms with Gasteiger partial charge in [-0.15, -0.1) is 0 Å². The maximum Gasteiger partial charge on any atom is 0.314 e. The van der Waals surface area contributed by atoms with Crippen LogP contribution in [0.4, 0.5) is 4.79 Å². The van der Waals surface area contributed by atoms with Crippen LogP contribution in [0.5, 0.6) is 0 Å². The Labute approximate surface area is 128 Å². The van der Waals surface area contributed by atoms with E-state index < -0.39 is 0 Å². The third-order valence-corrected chi connectivity index (χ3v) is 3.75. The zero-order valence-electron chi connectivity index (χ0n) is 12.3. The van der Waals surface area contributed by atoms with Gasteiger partial charge in [0.2, 0.25) is 0 Å². The SMILES string of the molecule is CNC(=O)NC1CN(C(=O)c2ccccc2-n2cccc2)C1. The van der Waals surface area contributed by atoms with Gasteiger partial charge in [-0.1, -0.05) is 12.1 Å². The molecular formula is C16H18N4O2. The number of aromatic nitrogens is 1. The number of rotatable bonds is 3. The van der Waals surface area contributed by atoms with Crippen molar-refractivity contribution < 1.29 is 9.59 Å². The first kappa shape index (κ1) is 14.2. The van der Waals surface area contributed by atoms with Crippen molar-refractivity contribution in [1.29, 1.82) is 0 Å². The first-order valence-corrected chi connectivity index (χ1v) is 7.19. The van der Waals surface area contributed by atoms with E-state index in [0.29, 0.717) is 18.7 Å². The minimum absolute atomic E-state index is 0.0146. The molecule has 2 N–H and O–H groups in total. The second kappa shape index (κ2) is 5.93. The van der Waals surface area contributed by atoms with E-state index in [9.17, 15) is 9.59 Å². The molecule has 114 valence electrons. The third kappa shape index (κ3) is 2.67. The number of hydrogen-bond acceptors (Lipinski definition) is 2. The number of urea groups is 1. The van der Waals surface area contributed by atoms with Gasteiger partial charge in [-0.3, -0.25) is 4.79 Å². The summed E-state index contributed by atoms with van der Waals surface area (Å²) in [6.45, 7) is 1.07. The van der Waals surface area contributed by atoms with Crippen LogP contribution in [0.25, 0.3) is 5.69 Å². The molecule has 0 atom stereocenters. The van der Waals surface area contributed by atoms with Crippen LogP contribution < -0.4 is 10.6 Å². The molecule has 1 aliphatic rings. The summed E-state index contributed by atoms with van der Waals surface area (Å²) >= 11 is 0. The first-order chi connectivity index (χ1) is 10.7. The van der Waals surface area contributed by atoms with Crippen LogP contribution >= 0.6 is 0 Å². The van der Waals surface area contributed by atoms with Gasteiger partial charge in [0.15, 0.2) is 0 Å². The molecule has 0 saturated carbocycles. The number of carbonyl (C=O) groups is 2. The Balaban J connectivity index is 1.71. The molecule has 2 heterocycles. The van der Waals surface area contributed by atoms with Crippen molar-refractivity contribution >= 4 is 11.9 Å². The molecule has 1 aromatic carbocycles. The van der Waals surface area contributed by atoms with Gasteiger partial charge < -0.3 is 20.1 Å². The summed E-state index contributed by atoms with van der Waals surface area (Å²) in [7, 11) is 1.57. The molecule has 1 saturated heterocycles. The lowest BCUT2D eigenvalue weighted by molar-refractivity contribution is 0.0578. The van der Waals surface area contributed by atoms with E-state index in [4.69, 9.17) is 0 Å². The van der Waals surface area contributed by atoms with Crippen LogP contribution in [-0.2, 0) is 0 Å². The molecule has 22 heavy (non-hydrogen) atoms. The molecule has 0 spiro atoms. The Bertz CT molecular complexity index is 675. The monoisotopic (exact) mass is 298 g/mol. The van der Waals surface area contributed by atoms with E-state index in [1.165, 1.54) is 0 Å². The number of amides is 3. The van der Waals surface area contributed by atoms with E-state index in [1.54, 1.807) is 11.9 Å². The van der Waals surface area contributed by atoms with Gasteiger partial charge in [0.25, 0.3) is 5.91 Å². The van der Waals surface area contributed by atoms with Crippen LogP contribution in [0.1, 0.15) is 10.4 Å². The van der Waals surface area contributed by atoms with E-state index in [0.717, 1.165) is 5.69 Å². The van der Waals surface area contributed by atoms with Crippen LogP contribution in [0.3, 0.4) is 0 Å². The Morgan fingerprint density at radius 2 is 1.77 bits per heavy atom. The maximum absolute atomic E-state index is 12.6. The zero-order chi connectivity index (χ0) is 15.5. The van der Waals surface area contributed by atoms with Crippen molar-refractivity contribution in [2.45, 2.75) is 6.04 Å². The van der Waals surface area contributed by atoms with Crippen LogP contribution in [0.2, 0.25) is 0 Å². The van der Waals surface area contributed by atoms with Gasteiger partial charge in [0, 0.05) is 32.5 Å². The van der Waals surface area contributed by atoms with Gasteiger partial charge in [-0.25, -0.2) is 4.79 Å². The minimum Gasteiger partial charge on any atom is -0.341 e. The topological polar surface area (TPSA) is 66.4 Å². The number of carbonyl (C=O) groups excluding carboxylic acids is 2. The molecule has 1 aliphatic heterocycles. The summed E-state index contributed by atoms with van der Waals surface area (Å²) in [5.74, 6) is -0.0146. The van der Waals surface area contributed by atoms with E-state index >= 15 is 0 Å². The summed E-state index contributed by atoms with van der Waals surface area (Å²) in [4.78, 5) is 25.6. The number of benzene rings is 1. The fourth-order valence-corrected chi connectivity index (χ4v) is 2.54. The molecule has 0 unspecified atom stereocenters. The number of likely N-dealkylation sites (tertiary alicyclic amines) is 1. The van der Waals surface area contributed by atoms with Crippen molar-refractivity contribution in [3.8, 4) is 5.69 Å². The smallest absolute Gasteiger partial charge is 0.314 e. The summed E-state index contributed by atoms with van der Waals surface area (Å²) < 4.78 is 1.92. The highest BCUT2D eigenvalue weighted by Crippen LogP contribution is 2.20. The van der Waals surface area contributed by atoms with Gasteiger partial charge in [-0.2, -0.15) is 0 Å². The van der Waals surface area contributed by atoms with Crippen molar-refractivity contribution in [3.05, 3.63) is 54.4 Å². The lowest BCUT2D eigenvalue weighted by atomic mass is 10.1. The summed E-state index contributed by atoms with van der Waals surface area (Å²) in [6.07, 6.45) is 3.83. The van der Waals surface area contributed by atoms with Crippen LogP contribution in [0.15, 0.2) is 48.8 Å². The molecule has 3 rings (SSSR count). The standard InChI is InChI=1S/C16H18N4O2/c1-17-16(22)18-12-10-20(11-12)15(21)13-6-2-3-7-14(13)19-8-4-5-9-19/h2-9,12H,10-11H2,1H3,(H2,17,18,22). The van der Waals surface area contributed by atoms with Gasteiger partial charge >= 0.3 is 6.03 Å². The Hall–Kier alpha value is -2.76. The van der Waals surface area contributed by atoms with Gasteiger partial charge in [-0.05, 0) is 24.3 Å². The third-order valence-electron chi connectivity index (χ3n) is 3.75. The number of nitrogens with zero attached hydrogens (tertiary/aromatic N) is 2. The predicted octanol–water partition coefficient (Wildman–Crippen LogP) is 1.23. The van der Waals surface area contributed by atoms with Crippen molar-refractivity contribution in [1.82, 2.24) is 20.1 Å². The highest BCUT2D eigenvalue weighted by molar-refractivity contribution is 5.98. The van der Waals surface area contributed by atoms with Gasteiger partial charge in [0.05, 0.1) is 17.3 Å². The molecular weight excluding hydrogens is 280 g/mol. The Morgan fingerprint density at radius 1 is 1.09 bits per heavy atom. The molecule has 6 nitrogen and oxygen atoms in total. The summed E-state index contributed by atoms with van der Waals surface area (Å²) in [6, 6.07) is 11.2. The predicted molar refractivity (Wildman–Crippen MR) is 83.1 cm³/mol. The quantitative estimate of drug-likeness (QED) is 0.895. The average molecular weight is 298 g/mol. The number of hydrogen-bond donors (Lipinski definition) is 2. The Morgan fingerprint density at radius 3 is 2.45 bits per heavy atom. The van der Waals surface area contributed by atoms with E-state index in [-0.39, 0.29) is 18.0 Å². The summed E-state index contributed by atoms with van der Waals surface area (Å²) in [5, 5.41) is 5.31. The highest BCUT2D eigenvalue weighted by Gasteiger charge is 2.32. The highest BCUT2D eigenvalue weighted by atomic mass is 16.2. The first-order valence-electron chi connectivity index (χ1n) is 7.19. The van der Waals surface area contributed by atoms with Crippen LogP contribution in [0, 0.1) is 0 Å². The Kier molecular flexibility index (Phi) is 3.82. The van der Waals surface area contributed by atoms with Crippen molar-refractivity contribution in [3.63, 3.8) is 0 Å². The van der Waals surface area contributed by atoms with Crippen molar-refractivity contribution in [2.75, 3.05) is 20.1 Å². The second-order valence-corrected chi connectivity index (χ2v) is 5.24. The minimum atomic E-state index is -0.218. The number of nitrogens with one attached hydrogen (secondary N) is 2. The average Bonchev–Trinajstić information content (AvgIpc) is 3.03. The fraction of sp³-hybridized carbons (Fsp3) is 0.250. The molecule has 0 radical (unpaired) electrons. The molecule has 3 amide bonds. The number of para-hydroxylation sites is 1. The maximum atomic E-state index is 12.6. The molecule has 0 bridgehead atoms. The lowest BCUT2D eigenvalue weighted by Gasteiger charge is -2.39. The van der Waals surface area contributed by atoms with Gasteiger partial charge in [0.1, 0.15) is 0 Å². The molecule has 1 aromatic heterocycles. The largest absolute Gasteiger partial charge is 0.341 e. The fourth-order valence-electron chi connectivity index (χ4n) is 2.54. The molecule has 0 aliphatic carbocycles. The molecule has 1 fully saturated rings. The molecule has 2 aromatic rings. The molecule has 6 heteroatoms. The van der Waals surface area contributed by atoms with Crippen LogP contribution in [-0.4, -0.2) is 47.6 Å². The second-order valence-electron chi connectivity index (χ2n) is 5.24.